The Kier molecular flexibility index (Phi) is 6.51. The van der Waals surface area contributed by atoms with Crippen LogP contribution >= 0.6 is 11.6 Å². The lowest BCUT2D eigenvalue weighted by Gasteiger charge is -2.19. The van der Waals surface area contributed by atoms with Crippen LogP contribution in [0.3, 0.4) is 0 Å². The Morgan fingerprint density at radius 2 is 1.25 bits per heavy atom. The van der Waals surface area contributed by atoms with Crippen molar-refractivity contribution in [2.24, 2.45) is 0 Å². The van der Waals surface area contributed by atoms with Crippen molar-refractivity contribution in [3.63, 3.8) is 0 Å². The maximum atomic E-state index is 6.16. The zero-order valence-electron chi connectivity index (χ0n) is 20.7. The Hall–Kier alpha value is -4.06. The van der Waals surface area contributed by atoms with Gasteiger partial charge in [0.1, 0.15) is 0 Å². The number of rotatable bonds is 3. The number of benzene rings is 4. The van der Waals surface area contributed by atoms with Crippen molar-refractivity contribution in [3.05, 3.63) is 131 Å². The number of aromatic nitrogens is 2. The van der Waals surface area contributed by atoms with Crippen LogP contribution in [0.2, 0.25) is 5.02 Å². The second kappa shape index (κ2) is 9.90. The molecular formula is C33H27ClN2. The molecule has 0 aliphatic carbocycles. The van der Waals surface area contributed by atoms with Crippen LogP contribution in [0.5, 0.6) is 0 Å². The predicted molar refractivity (Wildman–Crippen MR) is 151 cm³/mol. The third kappa shape index (κ3) is 5.28. The van der Waals surface area contributed by atoms with Crippen LogP contribution in [0.1, 0.15) is 37.5 Å². The topological polar surface area (TPSA) is 17.8 Å². The van der Waals surface area contributed by atoms with Crippen LogP contribution in [0.25, 0.3) is 28.2 Å². The van der Waals surface area contributed by atoms with E-state index in [1.54, 1.807) is 0 Å². The Labute approximate surface area is 218 Å². The second-order valence-corrected chi connectivity index (χ2v) is 10.3. The van der Waals surface area contributed by atoms with E-state index in [9.17, 15) is 0 Å². The summed E-state index contributed by atoms with van der Waals surface area (Å²) in [5.74, 6) is 6.46. The highest BCUT2D eigenvalue weighted by Gasteiger charge is 2.16. The highest BCUT2D eigenvalue weighted by Crippen LogP contribution is 2.31. The van der Waals surface area contributed by atoms with Gasteiger partial charge < -0.3 is 0 Å². The third-order valence-electron chi connectivity index (χ3n) is 6.13. The van der Waals surface area contributed by atoms with Crippen LogP contribution in [-0.2, 0) is 5.41 Å². The highest BCUT2D eigenvalue weighted by molar-refractivity contribution is 6.30. The molecule has 0 N–H and O–H groups in total. The largest absolute Gasteiger partial charge is 0.232 e. The van der Waals surface area contributed by atoms with E-state index < -0.39 is 0 Å². The first-order chi connectivity index (χ1) is 17.4. The average molecular weight is 487 g/mol. The van der Waals surface area contributed by atoms with E-state index in [2.05, 4.69) is 75.1 Å². The summed E-state index contributed by atoms with van der Waals surface area (Å²) in [6.07, 6.45) is 0. The number of nitrogens with zero attached hydrogens (tertiary/aromatic N) is 2. The van der Waals surface area contributed by atoms with E-state index >= 15 is 0 Å². The van der Waals surface area contributed by atoms with Crippen LogP contribution < -0.4 is 0 Å². The van der Waals surface area contributed by atoms with Gasteiger partial charge in [-0.1, -0.05) is 98.8 Å². The zero-order chi connectivity index (χ0) is 25.1. The molecule has 4 aromatic carbocycles. The number of hydrogen-bond acceptors (Lipinski definition) is 1. The molecule has 0 saturated heterocycles. The van der Waals surface area contributed by atoms with Gasteiger partial charge in [-0.25, -0.2) is 4.68 Å². The summed E-state index contributed by atoms with van der Waals surface area (Å²) in [5, 5.41) is 5.69. The first kappa shape index (κ1) is 23.7. The zero-order valence-corrected chi connectivity index (χ0v) is 21.4. The summed E-state index contributed by atoms with van der Waals surface area (Å²) in [4.78, 5) is 0. The van der Waals surface area contributed by atoms with Crippen LogP contribution in [0.4, 0.5) is 0 Å². The molecule has 2 nitrogen and oxygen atoms in total. The van der Waals surface area contributed by atoms with Crippen molar-refractivity contribution in [3.8, 4) is 40.0 Å². The van der Waals surface area contributed by atoms with Crippen LogP contribution in [0.15, 0.2) is 109 Å². The summed E-state index contributed by atoms with van der Waals surface area (Å²) in [7, 11) is 0. The minimum atomic E-state index is 0.102. The molecule has 0 aliphatic rings. The van der Waals surface area contributed by atoms with Gasteiger partial charge in [0.25, 0.3) is 0 Å². The standard InChI is InChI=1S/C33H27ClN2/c1-33(2,3)28-17-15-27(16-18-28)32-23-31(35-36(32)30-21-19-29(34)20-22-30)26-13-11-25(12-14-26)10-9-24-7-5-4-6-8-24/h4-8,11-23H,1-3H3. The van der Waals surface area contributed by atoms with Gasteiger partial charge in [-0.2, -0.15) is 5.10 Å². The SMILES string of the molecule is CC(C)(C)c1ccc(-c2cc(-c3ccc(C#Cc4ccccc4)cc3)nn2-c2ccc(Cl)cc2)cc1. The molecule has 1 aromatic heterocycles. The summed E-state index contributed by atoms with van der Waals surface area (Å²) in [6.45, 7) is 6.68. The molecule has 0 spiro atoms. The maximum absolute atomic E-state index is 6.16. The molecule has 0 amide bonds. The van der Waals surface area contributed by atoms with Crippen LogP contribution in [0, 0.1) is 11.8 Å². The highest BCUT2D eigenvalue weighted by atomic mass is 35.5. The van der Waals surface area contributed by atoms with Gasteiger partial charge in [0.2, 0.25) is 0 Å². The summed E-state index contributed by atoms with van der Waals surface area (Å²) < 4.78 is 1.99. The first-order valence-electron chi connectivity index (χ1n) is 12.0. The molecule has 0 bridgehead atoms. The molecule has 0 radical (unpaired) electrons. The molecule has 5 rings (SSSR count). The molecular weight excluding hydrogens is 460 g/mol. The predicted octanol–water partition coefficient (Wildman–Crippen LogP) is 8.56. The van der Waals surface area contributed by atoms with E-state index in [4.69, 9.17) is 16.7 Å². The van der Waals surface area contributed by atoms with E-state index in [1.807, 2.05) is 71.4 Å². The van der Waals surface area contributed by atoms with Gasteiger partial charge in [0, 0.05) is 27.3 Å². The average Bonchev–Trinajstić information content (AvgIpc) is 3.34. The fourth-order valence-electron chi connectivity index (χ4n) is 4.04. The van der Waals surface area contributed by atoms with E-state index in [0.29, 0.717) is 5.02 Å². The molecule has 0 fully saturated rings. The fourth-order valence-corrected chi connectivity index (χ4v) is 4.16. The van der Waals surface area contributed by atoms with Gasteiger partial charge in [0.05, 0.1) is 17.1 Å². The van der Waals surface area contributed by atoms with Crippen molar-refractivity contribution in [1.29, 1.82) is 0 Å². The van der Waals surface area contributed by atoms with Crippen molar-refractivity contribution in [2.75, 3.05) is 0 Å². The van der Waals surface area contributed by atoms with E-state index in [0.717, 1.165) is 39.3 Å². The van der Waals surface area contributed by atoms with E-state index in [-0.39, 0.29) is 5.41 Å². The van der Waals surface area contributed by atoms with Crippen molar-refractivity contribution < 1.29 is 0 Å². The van der Waals surface area contributed by atoms with Crippen molar-refractivity contribution in [2.45, 2.75) is 26.2 Å². The van der Waals surface area contributed by atoms with Gasteiger partial charge >= 0.3 is 0 Å². The monoisotopic (exact) mass is 486 g/mol. The fraction of sp³-hybridized carbons (Fsp3) is 0.121. The smallest absolute Gasteiger partial charge is 0.0934 e. The molecule has 0 unspecified atom stereocenters. The molecule has 0 saturated carbocycles. The molecule has 176 valence electrons. The Balaban J connectivity index is 1.52. The molecule has 3 heteroatoms. The minimum absolute atomic E-state index is 0.102. The Bertz CT molecular complexity index is 1530. The Morgan fingerprint density at radius 1 is 0.667 bits per heavy atom. The normalized spacial score (nSPS) is 11.1. The summed E-state index contributed by atoms with van der Waals surface area (Å²) >= 11 is 6.16. The van der Waals surface area contributed by atoms with Crippen molar-refractivity contribution >= 4 is 11.6 Å². The van der Waals surface area contributed by atoms with Crippen LogP contribution in [-0.4, -0.2) is 9.78 Å². The molecule has 0 aliphatic heterocycles. The van der Waals surface area contributed by atoms with Gasteiger partial charge in [-0.05, 0) is 65.6 Å². The van der Waals surface area contributed by atoms with Gasteiger partial charge in [0.15, 0.2) is 0 Å². The van der Waals surface area contributed by atoms with Gasteiger partial charge in [-0.3, -0.25) is 0 Å². The summed E-state index contributed by atoms with van der Waals surface area (Å²) in [5.41, 5.74) is 8.43. The maximum Gasteiger partial charge on any atom is 0.0934 e. The van der Waals surface area contributed by atoms with E-state index in [1.165, 1.54) is 5.56 Å². The lowest BCUT2D eigenvalue weighted by molar-refractivity contribution is 0.590. The minimum Gasteiger partial charge on any atom is -0.232 e. The lowest BCUT2D eigenvalue weighted by atomic mass is 9.86. The molecule has 1 heterocycles. The van der Waals surface area contributed by atoms with Crippen molar-refractivity contribution in [1.82, 2.24) is 9.78 Å². The molecule has 0 atom stereocenters. The lowest BCUT2D eigenvalue weighted by Crippen LogP contribution is -2.10. The number of hydrogen-bond donors (Lipinski definition) is 0. The Morgan fingerprint density at radius 3 is 1.86 bits per heavy atom. The summed E-state index contributed by atoms with van der Waals surface area (Å²) in [6, 6.07) is 37.0. The second-order valence-electron chi connectivity index (χ2n) is 9.82. The van der Waals surface area contributed by atoms with Gasteiger partial charge in [-0.15, -0.1) is 0 Å². The first-order valence-corrected chi connectivity index (χ1v) is 12.4. The molecule has 36 heavy (non-hydrogen) atoms. The third-order valence-corrected chi connectivity index (χ3v) is 6.38. The number of halogens is 1. The quantitative estimate of drug-likeness (QED) is 0.233. The molecule has 5 aromatic rings.